The second-order valence-corrected chi connectivity index (χ2v) is 6.11. The van der Waals surface area contributed by atoms with E-state index in [9.17, 15) is 36.6 Å². The minimum Gasteiger partial charge on any atom is -0.507 e. The van der Waals surface area contributed by atoms with Crippen LogP contribution in [0, 0.1) is 6.92 Å². The van der Waals surface area contributed by atoms with Gasteiger partial charge in [0, 0.05) is 5.56 Å². The lowest BCUT2D eigenvalue weighted by molar-refractivity contribution is -0.246. The Kier molecular flexibility index (Phi) is 5.28. The SMILES string of the molecule is Cc1cc(C(F)(F)F)cc(O)c1-c1ccc(NC[C@](C)(O)C(F)(F)F)nn1. The zero-order chi connectivity index (χ0) is 20.6. The number of aromatic nitrogens is 2. The Bertz CT molecular complexity index is 793. The predicted octanol–water partition coefficient (Wildman–Crippen LogP) is 3.90. The third-order valence-electron chi connectivity index (χ3n) is 3.79. The van der Waals surface area contributed by atoms with E-state index < -0.39 is 35.8 Å². The quantitative estimate of drug-likeness (QED) is 0.685. The summed E-state index contributed by atoms with van der Waals surface area (Å²) in [6.45, 7) is 1.05. The molecule has 0 amide bonds. The molecule has 1 atom stereocenters. The zero-order valence-corrected chi connectivity index (χ0v) is 14.1. The average molecular weight is 395 g/mol. The number of benzene rings is 1. The molecule has 3 N–H and O–H groups in total. The second kappa shape index (κ2) is 6.87. The van der Waals surface area contributed by atoms with Crippen LogP contribution in [0.1, 0.15) is 18.1 Å². The summed E-state index contributed by atoms with van der Waals surface area (Å²) >= 11 is 0. The summed E-state index contributed by atoms with van der Waals surface area (Å²) in [5.41, 5.74) is -3.87. The van der Waals surface area contributed by atoms with Gasteiger partial charge in [-0.25, -0.2) is 0 Å². The number of nitrogens with zero attached hydrogens (tertiary/aromatic N) is 2. The summed E-state index contributed by atoms with van der Waals surface area (Å²) in [6, 6.07) is 3.89. The van der Waals surface area contributed by atoms with E-state index in [1.807, 2.05) is 0 Å². The smallest absolute Gasteiger partial charge is 0.418 e. The molecule has 0 saturated carbocycles. The second-order valence-electron chi connectivity index (χ2n) is 6.11. The molecule has 11 heteroatoms. The van der Waals surface area contributed by atoms with Gasteiger partial charge in [0.2, 0.25) is 0 Å². The molecule has 0 fully saturated rings. The number of phenolic OH excluding ortho intramolecular Hbond substituents is 1. The van der Waals surface area contributed by atoms with Gasteiger partial charge in [0.25, 0.3) is 0 Å². The van der Waals surface area contributed by atoms with Crippen LogP contribution in [0.3, 0.4) is 0 Å². The molecule has 0 unspecified atom stereocenters. The normalized spacial score (nSPS) is 14.7. The minimum atomic E-state index is -4.85. The highest BCUT2D eigenvalue weighted by Crippen LogP contribution is 2.38. The minimum absolute atomic E-state index is 0.0179. The molecule has 27 heavy (non-hydrogen) atoms. The molecule has 0 bridgehead atoms. The van der Waals surface area contributed by atoms with Crippen LogP contribution in [0.15, 0.2) is 24.3 Å². The van der Waals surface area contributed by atoms with E-state index in [0.717, 1.165) is 6.07 Å². The maximum Gasteiger partial charge on any atom is 0.418 e. The van der Waals surface area contributed by atoms with Crippen molar-refractivity contribution in [2.75, 3.05) is 11.9 Å². The van der Waals surface area contributed by atoms with Crippen molar-refractivity contribution in [2.24, 2.45) is 0 Å². The molecule has 0 spiro atoms. The van der Waals surface area contributed by atoms with Crippen molar-refractivity contribution >= 4 is 5.82 Å². The van der Waals surface area contributed by atoms with Crippen LogP contribution in [0.2, 0.25) is 0 Å². The van der Waals surface area contributed by atoms with Crippen LogP contribution in [0.4, 0.5) is 32.2 Å². The first kappa shape index (κ1) is 20.7. The molecule has 1 aromatic carbocycles. The number of hydrogen-bond donors (Lipinski definition) is 3. The molecule has 5 nitrogen and oxygen atoms in total. The number of rotatable bonds is 4. The van der Waals surface area contributed by atoms with Gasteiger partial charge in [-0.05, 0) is 43.7 Å². The number of halogens is 6. The third-order valence-corrected chi connectivity index (χ3v) is 3.79. The summed E-state index contributed by atoms with van der Waals surface area (Å²) in [5, 5.41) is 28.9. The maximum atomic E-state index is 12.8. The van der Waals surface area contributed by atoms with Crippen LogP contribution in [-0.2, 0) is 6.18 Å². The zero-order valence-electron chi connectivity index (χ0n) is 14.1. The van der Waals surface area contributed by atoms with Gasteiger partial charge in [-0.15, -0.1) is 10.2 Å². The number of alkyl halides is 6. The molecular formula is C16H15F6N3O2. The number of nitrogens with one attached hydrogen (secondary N) is 1. The van der Waals surface area contributed by atoms with Crippen LogP contribution >= 0.6 is 0 Å². The predicted molar refractivity (Wildman–Crippen MR) is 84.0 cm³/mol. The lowest BCUT2D eigenvalue weighted by Gasteiger charge is -2.26. The van der Waals surface area contributed by atoms with Crippen molar-refractivity contribution in [2.45, 2.75) is 31.8 Å². The van der Waals surface area contributed by atoms with E-state index in [1.54, 1.807) is 0 Å². The van der Waals surface area contributed by atoms with Crippen molar-refractivity contribution in [3.8, 4) is 17.0 Å². The fourth-order valence-electron chi connectivity index (χ4n) is 2.19. The number of phenols is 1. The van der Waals surface area contributed by atoms with E-state index in [-0.39, 0.29) is 22.6 Å². The number of aryl methyl sites for hydroxylation is 1. The third kappa shape index (κ3) is 4.59. The molecule has 0 saturated heterocycles. The van der Waals surface area contributed by atoms with Gasteiger partial charge >= 0.3 is 12.4 Å². The first-order valence-corrected chi connectivity index (χ1v) is 7.50. The molecule has 0 radical (unpaired) electrons. The molecule has 148 valence electrons. The Morgan fingerprint density at radius 3 is 2.11 bits per heavy atom. The van der Waals surface area contributed by atoms with E-state index in [1.165, 1.54) is 19.1 Å². The van der Waals surface area contributed by atoms with Crippen molar-refractivity contribution < 1.29 is 36.6 Å². The fraction of sp³-hybridized carbons (Fsp3) is 0.375. The molecule has 2 aromatic rings. The van der Waals surface area contributed by atoms with Gasteiger partial charge in [0.15, 0.2) is 5.60 Å². The van der Waals surface area contributed by atoms with Gasteiger partial charge in [0.05, 0.1) is 17.8 Å². The van der Waals surface area contributed by atoms with E-state index in [0.29, 0.717) is 13.0 Å². The van der Waals surface area contributed by atoms with E-state index in [2.05, 4.69) is 15.5 Å². The fourth-order valence-corrected chi connectivity index (χ4v) is 2.19. The molecule has 0 aliphatic rings. The number of aliphatic hydroxyl groups is 1. The summed E-state index contributed by atoms with van der Waals surface area (Å²) < 4.78 is 76.0. The van der Waals surface area contributed by atoms with Crippen molar-refractivity contribution in [1.82, 2.24) is 10.2 Å². The lowest BCUT2D eigenvalue weighted by atomic mass is 10.0. The van der Waals surface area contributed by atoms with Gasteiger partial charge < -0.3 is 15.5 Å². The van der Waals surface area contributed by atoms with Crippen LogP contribution in [-0.4, -0.2) is 38.7 Å². The highest BCUT2D eigenvalue weighted by Gasteiger charge is 2.49. The molecule has 1 heterocycles. The lowest BCUT2D eigenvalue weighted by Crippen LogP contribution is -2.47. The number of aromatic hydroxyl groups is 1. The van der Waals surface area contributed by atoms with E-state index in [4.69, 9.17) is 0 Å². The standard InChI is InChI=1S/C16H15F6N3O2/c1-8-5-9(15(17,18)19)6-11(26)13(8)10-3-4-12(25-24-10)23-7-14(2,27)16(20,21)22/h3-6,26-27H,7H2,1-2H3,(H,23,25)/t14-/m0/s1. The van der Waals surface area contributed by atoms with Gasteiger partial charge in [-0.3, -0.25) is 0 Å². The van der Waals surface area contributed by atoms with Crippen LogP contribution < -0.4 is 5.32 Å². The number of anilines is 1. The van der Waals surface area contributed by atoms with Crippen LogP contribution in [0.5, 0.6) is 5.75 Å². The summed E-state index contributed by atoms with van der Waals surface area (Å²) in [6.07, 6.45) is -9.48. The van der Waals surface area contributed by atoms with E-state index >= 15 is 0 Å². The number of hydrogen-bond acceptors (Lipinski definition) is 5. The Morgan fingerprint density at radius 1 is 1.04 bits per heavy atom. The highest BCUT2D eigenvalue weighted by atomic mass is 19.4. The maximum absolute atomic E-state index is 12.8. The first-order valence-electron chi connectivity index (χ1n) is 7.50. The Hall–Kier alpha value is -2.56. The Labute approximate surface area is 149 Å². The molecular weight excluding hydrogens is 380 g/mol. The topological polar surface area (TPSA) is 78.3 Å². The van der Waals surface area contributed by atoms with Gasteiger partial charge in [-0.1, -0.05) is 0 Å². The largest absolute Gasteiger partial charge is 0.507 e. The van der Waals surface area contributed by atoms with Crippen LogP contribution in [0.25, 0.3) is 11.3 Å². The highest BCUT2D eigenvalue weighted by molar-refractivity contribution is 5.71. The summed E-state index contributed by atoms with van der Waals surface area (Å²) in [4.78, 5) is 0. The molecule has 0 aliphatic heterocycles. The summed E-state index contributed by atoms with van der Waals surface area (Å²) in [5.74, 6) is -0.746. The summed E-state index contributed by atoms with van der Waals surface area (Å²) in [7, 11) is 0. The van der Waals surface area contributed by atoms with Gasteiger partial charge in [0.1, 0.15) is 11.6 Å². The van der Waals surface area contributed by atoms with Crippen molar-refractivity contribution in [3.05, 3.63) is 35.4 Å². The first-order chi connectivity index (χ1) is 12.2. The van der Waals surface area contributed by atoms with Gasteiger partial charge in [-0.2, -0.15) is 26.3 Å². The molecule has 2 rings (SSSR count). The van der Waals surface area contributed by atoms with Crippen molar-refractivity contribution in [3.63, 3.8) is 0 Å². The van der Waals surface area contributed by atoms with Crippen molar-refractivity contribution in [1.29, 1.82) is 0 Å². The average Bonchev–Trinajstić information content (AvgIpc) is 2.51. The Morgan fingerprint density at radius 2 is 1.67 bits per heavy atom. The molecule has 0 aliphatic carbocycles. The molecule has 1 aromatic heterocycles. The monoisotopic (exact) mass is 395 g/mol. The Balaban J connectivity index is 2.23.